The molecule has 7 heteroatoms. The van der Waals surface area contributed by atoms with Gasteiger partial charge in [-0.2, -0.15) is 0 Å². The number of hydrogen-bond donors (Lipinski definition) is 1. The minimum absolute atomic E-state index is 0.294. The monoisotopic (exact) mass is 319 g/mol. The molecule has 0 aliphatic rings. The Morgan fingerprint density at radius 2 is 1.95 bits per heavy atom. The van der Waals surface area contributed by atoms with Crippen LogP contribution in [0, 0.1) is 10.1 Å². The zero-order valence-corrected chi connectivity index (χ0v) is 12.5. The third-order valence-electron chi connectivity index (χ3n) is 2.95. The van der Waals surface area contributed by atoms with Gasteiger partial charge in [0.1, 0.15) is 11.3 Å². The summed E-state index contributed by atoms with van der Waals surface area (Å²) in [5.41, 5.74) is 0.0207. The van der Waals surface area contributed by atoms with E-state index in [9.17, 15) is 14.9 Å². The average Bonchev–Trinajstić information content (AvgIpc) is 2.53. The molecule has 2 rings (SSSR count). The number of carboxylic acid groups (broad SMARTS) is 1. The van der Waals surface area contributed by atoms with E-state index in [-0.39, 0.29) is 5.56 Å². The van der Waals surface area contributed by atoms with Gasteiger partial charge < -0.3 is 9.84 Å². The lowest BCUT2D eigenvalue weighted by atomic mass is 10.1. The van der Waals surface area contributed by atoms with Crippen LogP contribution in [-0.4, -0.2) is 23.1 Å². The van der Waals surface area contributed by atoms with Crippen LogP contribution in [0.1, 0.15) is 15.9 Å². The number of nitro benzene ring substituents is 1. The Hall–Kier alpha value is -2.54. The highest BCUT2D eigenvalue weighted by Crippen LogP contribution is 2.27. The number of carbonyl (C=O) groups is 1. The maximum absolute atomic E-state index is 11.1. The van der Waals surface area contributed by atoms with Gasteiger partial charge in [-0.15, -0.1) is 11.8 Å². The molecule has 0 saturated carbocycles. The van der Waals surface area contributed by atoms with Crippen LogP contribution in [0.5, 0.6) is 5.75 Å². The third-order valence-corrected chi connectivity index (χ3v) is 4.04. The molecule has 0 aromatic heterocycles. The van der Waals surface area contributed by atoms with Crippen LogP contribution in [0.4, 0.5) is 5.69 Å². The number of methoxy groups -OCH3 is 1. The predicted molar refractivity (Wildman–Crippen MR) is 82.6 cm³/mol. The summed E-state index contributed by atoms with van der Waals surface area (Å²) in [4.78, 5) is 22.2. The van der Waals surface area contributed by atoms with Crippen molar-refractivity contribution < 1.29 is 19.6 Å². The molecule has 6 nitrogen and oxygen atoms in total. The van der Waals surface area contributed by atoms with E-state index in [1.807, 2.05) is 24.3 Å². The van der Waals surface area contributed by atoms with E-state index in [1.165, 1.54) is 23.9 Å². The highest BCUT2D eigenvalue weighted by molar-refractivity contribution is 7.98. The summed E-state index contributed by atoms with van der Waals surface area (Å²) in [7, 11) is 1.59. The molecule has 0 spiro atoms. The second-order valence-electron chi connectivity index (χ2n) is 4.38. The summed E-state index contributed by atoms with van der Waals surface area (Å²) < 4.78 is 5.07. The van der Waals surface area contributed by atoms with Crippen molar-refractivity contribution in [2.24, 2.45) is 0 Å². The van der Waals surface area contributed by atoms with Crippen molar-refractivity contribution in [3.63, 3.8) is 0 Å². The molecule has 0 aliphatic carbocycles. The van der Waals surface area contributed by atoms with E-state index in [1.54, 1.807) is 13.2 Å². The van der Waals surface area contributed by atoms with E-state index in [2.05, 4.69) is 0 Å². The zero-order valence-electron chi connectivity index (χ0n) is 11.7. The standard InChI is InChI=1S/C15H13NO5S/c1-21-11-3-5-12(6-4-11)22-9-10-2-7-14(16(19)20)13(8-10)15(17)18/h2-8H,9H2,1H3,(H,17,18). The minimum Gasteiger partial charge on any atom is -0.497 e. The summed E-state index contributed by atoms with van der Waals surface area (Å²) in [6.07, 6.45) is 0. The third kappa shape index (κ3) is 3.76. The fourth-order valence-electron chi connectivity index (χ4n) is 1.84. The Labute approximate surface area is 130 Å². The molecule has 0 heterocycles. The second-order valence-corrected chi connectivity index (χ2v) is 5.43. The molecule has 0 unspecified atom stereocenters. The van der Waals surface area contributed by atoms with Crippen LogP contribution in [0.25, 0.3) is 0 Å². The molecular formula is C15H13NO5S. The topological polar surface area (TPSA) is 89.7 Å². The molecule has 0 amide bonds. The number of hydrogen-bond acceptors (Lipinski definition) is 5. The maximum atomic E-state index is 11.1. The van der Waals surface area contributed by atoms with E-state index in [0.717, 1.165) is 10.6 Å². The van der Waals surface area contributed by atoms with Gasteiger partial charge in [0.15, 0.2) is 0 Å². The molecule has 2 aromatic carbocycles. The average molecular weight is 319 g/mol. The molecule has 0 radical (unpaired) electrons. The Kier molecular flexibility index (Phi) is 5.00. The first-order valence-electron chi connectivity index (χ1n) is 6.28. The largest absolute Gasteiger partial charge is 0.497 e. The van der Waals surface area contributed by atoms with Gasteiger partial charge in [-0.25, -0.2) is 4.79 Å². The first-order chi connectivity index (χ1) is 10.5. The molecule has 0 aliphatic heterocycles. The number of benzene rings is 2. The highest BCUT2D eigenvalue weighted by atomic mass is 32.2. The molecule has 2 aromatic rings. The zero-order chi connectivity index (χ0) is 16.1. The van der Waals surface area contributed by atoms with Gasteiger partial charge in [0.05, 0.1) is 12.0 Å². The lowest BCUT2D eigenvalue weighted by molar-refractivity contribution is -0.385. The minimum atomic E-state index is -1.30. The van der Waals surface area contributed by atoms with Gasteiger partial charge in [-0.05, 0) is 35.9 Å². The van der Waals surface area contributed by atoms with Gasteiger partial charge in [0.2, 0.25) is 0 Å². The first kappa shape index (κ1) is 15.8. The number of carboxylic acids is 1. The second kappa shape index (κ2) is 6.95. The Bertz CT molecular complexity index is 700. The van der Waals surface area contributed by atoms with E-state index < -0.39 is 16.6 Å². The van der Waals surface area contributed by atoms with Crippen LogP contribution in [0.3, 0.4) is 0 Å². The van der Waals surface area contributed by atoms with Crippen molar-refractivity contribution in [3.05, 3.63) is 63.7 Å². The van der Waals surface area contributed by atoms with Crippen molar-refractivity contribution in [1.29, 1.82) is 0 Å². The SMILES string of the molecule is COc1ccc(SCc2ccc([N+](=O)[O-])c(C(=O)O)c2)cc1. The van der Waals surface area contributed by atoms with Gasteiger partial charge in [0, 0.05) is 16.7 Å². The first-order valence-corrected chi connectivity index (χ1v) is 7.27. The number of thioether (sulfide) groups is 1. The molecule has 1 N–H and O–H groups in total. The van der Waals surface area contributed by atoms with E-state index in [4.69, 9.17) is 9.84 Å². The van der Waals surface area contributed by atoms with Gasteiger partial charge in [-0.1, -0.05) is 6.07 Å². The summed E-state index contributed by atoms with van der Waals surface area (Å²) in [5.74, 6) is -0.0271. The van der Waals surface area contributed by atoms with Crippen LogP contribution < -0.4 is 4.74 Å². The van der Waals surface area contributed by atoms with Crippen LogP contribution >= 0.6 is 11.8 Å². The van der Waals surface area contributed by atoms with E-state index in [0.29, 0.717) is 11.3 Å². The molecule has 114 valence electrons. The smallest absolute Gasteiger partial charge is 0.342 e. The van der Waals surface area contributed by atoms with Gasteiger partial charge in [0.25, 0.3) is 5.69 Å². The molecular weight excluding hydrogens is 306 g/mol. The highest BCUT2D eigenvalue weighted by Gasteiger charge is 2.19. The summed E-state index contributed by atoms with van der Waals surface area (Å²) in [6, 6.07) is 11.6. The number of nitro groups is 1. The van der Waals surface area contributed by atoms with E-state index >= 15 is 0 Å². The molecule has 22 heavy (non-hydrogen) atoms. The summed E-state index contributed by atoms with van der Waals surface area (Å²) in [5, 5.41) is 19.9. The van der Waals surface area contributed by atoms with Crippen molar-refractivity contribution in [3.8, 4) is 5.75 Å². The Morgan fingerprint density at radius 3 is 2.50 bits per heavy atom. The molecule has 0 bridgehead atoms. The maximum Gasteiger partial charge on any atom is 0.342 e. The van der Waals surface area contributed by atoms with Crippen LogP contribution in [-0.2, 0) is 5.75 Å². The van der Waals surface area contributed by atoms with Gasteiger partial charge in [-0.3, -0.25) is 10.1 Å². The number of nitrogens with zero attached hydrogens (tertiary/aromatic N) is 1. The fourth-order valence-corrected chi connectivity index (χ4v) is 2.68. The Balaban J connectivity index is 2.14. The number of ether oxygens (including phenoxy) is 1. The van der Waals surface area contributed by atoms with Crippen LogP contribution in [0.2, 0.25) is 0 Å². The molecule has 0 fully saturated rings. The van der Waals surface area contributed by atoms with Crippen molar-refractivity contribution in [1.82, 2.24) is 0 Å². The number of aromatic carboxylic acids is 1. The van der Waals surface area contributed by atoms with Crippen molar-refractivity contribution >= 4 is 23.4 Å². The quantitative estimate of drug-likeness (QED) is 0.497. The normalized spacial score (nSPS) is 10.2. The molecule has 0 atom stereocenters. The van der Waals surface area contributed by atoms with Crippen molar-refractivity contribution in [2.75, 3.05) is 7.11 Å². The van der Waals surface area contributed by atoms with Gasteiger partial charge >= 0.3 is 5.97 Å². The Morgan fingerprint density at radius 1 is 1.27 bits per heavy atom. The number of rotatable bonds is 6. The molecule has 0 saturated heterocycles. The fraction of sp³-hybridized carbons (Fsp3) is 0.133. The summed E-state index contributed by atoms with van der Waals surface area (Å²) >= 11 is 1.51. The predicted octanol–water partition coefficient (Wildman–Crippen LogP) is 3.59. The van der Waals surface area contributed by atoms with Crippen LogP contribution in [0.15, 0.2) is 47.4 Å². The lowest BCUT2D eigenvalue weighted by Crippen LogP contribution is -2.03. The van der Waals surface area contributed by atoms with Crippen molar-refractivity contribution in [2.45, 2.75) is 10.6 Å². The summed E-state index contributed by atoms with van der Waals surface area (Å²) in [6.45, 7) is 0. The lowest BCUT2D eigenvalue weighted by Gasteiger charge is -2.05.